The quantitative estimate of drug-likeness (QED) is 0.481. The Morgan fingerprint density at radius 2 is 1.12 bits per heavy atom. The standard InChI is InChI=1S/C25H21N5O2/c1-16(31)26-20-13-14-21(22(15-20)27-17(2)32)25-29-23(18-9-5-3-6-10-18)28-24(30-25)19-11-7-4-8-12-19/h3-15H,1-2H3,(H,26,31)(H,27,32). The molecule has 0 bridgehead atoms. The molecule has 0 unspecified atom stereocenters. The van der Waals surface area contributed by atoms with Gasteiger partial charge < -0.3 is 10.6 Å². The fourth-order valence-electron chi connectivity index (χ4n) is 3.24. The summed E-state index contributed by atoms with van der Waals surface area (Å²) in [5.74, 6) is 1.01. The predicted molar refractivity (Wildman–Crippen MR) is 125 cm³/mol. The zero-order valence-corrected chi connectivity index (χ0v) is 17.7. The summed E-state index contributed by atoms with van der Waals surface area (Å²) in [4.78, 5) is 37.4. The Morgan fingerprint density at radius 1 is 0.625 bits per heavy atom. The first-order chi connectivity index (χ1) is 15.5. The van der Waals surface area contributed by atoms with Crippen molar-refractivity contribution in [3.05, 3.63) is 78.9 Å². The number of carbonyl (C=O) groups is 2. The van der Waals surface area contributed by atoms with Crippen molar-refractivity contribution in [2.45, 2.75) is 13.8 Å². The van der Waals surface area contributed by atoms with Gasteiger partial charge in [0, 0.05) is 36.2 Å². The van der Waals surface area contributed by atoms with Crippen molar-refractivity contribution >= 4 is 23.2 Å². The average molecular weight is 423 g/mol. The number of nitrogens with one attached hydrogen (secondary N) is 2. The number of anilines is 2. The van der Waals surface area contributed by atoms with E-state index in [4.69, 9.17) is 9.97 Å². The Labute approximate surface area is 185 Å². The summed E-state index contributed by atoms with van der Waals surface area (Å²) in [5.41, 5.74) is 3.37. The van der Waals surface area contributed by atoms with Crippen LogP contribution in [-0.2, 0) is 9.59 Å². The molecule has 1 aromatic heterocycles. The molecule has 1 heterocycles. The molecule has 0 atom stereocenters. The highest BCUT2D eigenvalue weighted by Gasteiger charge is 2.16. The molecule has 0 aliphatic heterocycles. The number of hydrogen-bond donors (Lipinski definition) is 2. The molecule has 2 N–H and O–H groups in total. The van der Waals surface area contributed by atoms with Gasteiger partial charge in [-0.05, 0) is 18.2 Å². The molecule has 2 amide bonds. The van der Waals surface area contributed by atoms with E-state index in [2.05, 4.69) is 15.6 Å². The monoisotopic (exact) mass is 423 g/mol. The highest BCUT2D eigenvalue weighted by Crippen LogP contribution is 2.31. The van der Waals surface area contributed by atoms with E-state index in [0.717, 1.165) is 11.1 Å². The van der Waals surface area contributed by atoms with E-state index >= 15 is 0 Å². The van der Waals surface area contributed by atoms with Gasteiger partial charge in [-0.25, -0.2) is 15.0 Å². The van der Waals surface area contributed by atoms with E-state index in [1.54, 1.807) is 18.2 Å². The number of amides is 2. The molecule has 0 fully saturated rings. The van der Waals surface area contributed by atoms with Crippen molar-refractivity contribution in [3.8, 4) is 34.2 Å². The van der Waals surface area contributed by atoms with E-state index in [1.165, 1.54) is 13.8 Å². The zero-order valence-electron chi connectivity index (χ0n) is 17.7. The van der Waals surface area contributed by atoms with E-state index in [9.17, 15) is 9.59 Å². The number of aromatic nitrogens is 3. The second kappa shape index (κ2) is 9.18. The number of nitrogens with zero attached hydrogens (tertiary/aromatic N) is 3. The molecule has 0 aliphatic carbocycles. The van der Waals surface area contributed by atoms with Gasteiger partial charge in [0.2, 0.25) is 11.8 Å². The summed E-state index contributed by atoms with van der Waals surface area (Å²) < 4.78 is 0. The average Bonchev–Trinajstić information content (AvgIpc) is 2.79. The summed E-state index contributed by atoms with van der Waals surface area (Å²) in [6.07, 6.45) is 0. The SMILES string of the molecule is CC(=O)Nc1ccc(-c2nc(-c3ccccc3)nc(-c3ccccc3)n2)c(NC(C)=O)c1. The van der Waals surface area contributed by atoms with E-state index in [1.807, 2.05) is 60.7 Å². The van der Waals surface area contributed by atoms with Crippen LogP contribution in [0, 0.1) is 0 Å². The van der Waals surface area contributed by atoms with Crippen LogP contribution < -0.4 is 10.6 Å². The minimum Gasteiger partial charge on any atom is -0.326 e. The lowest BCUT2D eigenvalue weighted by molar-refractivity contribution is -0.115. The van der Waals surface area contributed by atoms with Crippen molar-refractivity contribution < 1.29 is 9.59 Å². The Kier molecular flexibility index (Phi) is 5.98. The van der Waals surface area contributed by atoms with Gasteiger partial charge in [-0.3, -0.25) is 9.59 Å². The third kappa shape index (κ3) is 4.84. The van der Waals surface area contributed by atoms with Crippen LogP contribution in [0.25, 0.3) is 34.2 Å². The van der Waals surface area contributed by atoms with Crippen LogP contribution in [0.5, 0.6) is 0 Å². The Bertz CT molecular complexity index is 1220. The van der Waals surface area contributed by atoms with Crippen molar-refractivity contribution in [2.24, 2.45) is 0 Å². The largest absolute Gasteiger partial charge is 0.326 e. The van der Waals surface area contributed by atoms with Crippen LogP contribution in [0.15, 0.2) is 78.9 Å². The molecule has 0 radical (unpaired) electrons. The fraction of sp³-hybridized carbons (Fsp3) is 0.0800. The summed E-state index contributed by atoms with van der Waals surface area (Å²) in [5, 5.41) is 5.54. The first-order valence-corrected chi connectivity index (χ1v) is 10.1. The smallest absolute Gasteiger partial charge is 0.221 e. The second-order valence-electron chi connectivity index (χ2n) is 7.16. The molecule has 158 valence electrons. The molecule has 0 spiro atoms. The first kappa shape index (κ1) is 20.9. The molecular formula is C25H21N5O2. The van der Waals surface area contributed by atoms with Crippen LogP contribution in [0.3, 0.4) is 0 Å². The third-order valence-electron chi connectivity index (χ3n) is 4.59. The van der Waals surface area contributed by atoms with Gasteiger partial charge in [-0.15, -0.1) is 0 Å². The van der Waals surface area contributed by atoms with Gasteiger partial charge in [-0.2, -0.15) is 0 Å². The van der Waals surface area contributed by atoms with Crippen LogP contribution in [0.2, 0.25) is 0 Å². The molecule has 4 rings (SSSR count). The maximum Gasteiger partial charge on any atom is 0.221 e. The zero-order chi connectivity index (χ0) is 22.5. The van der Waals surface area contributed by atoms with E-state index < -0.39 is 0 Å². The lowest BCUT2D eigenvalue weighted by Crippen LogP contribution is -2.10. The van der Waals surface area contributed by atoms with Gasteiger partial charge in [0.15, 0.2) is 17.5 Å². The number of hydrogen-bond acceptors (Lipinski definition) is 5. The Hall–Kier alpha value is -4.39. The van der Waals surface area contributed by atoms with Crippen molar-refractivity contribution in [2.75, 3.05) is 10.6 Å². The summed E-state index contributed by atoms with van der Waals surface area (Å²) in [6, 6.07) is 24.5. The maximum atomic E-state index is 11.9. The molecule has 4 aromatic rings. The van der Waals surface area contributed by atoms with Crippen LogP contribution in [-0.4, -0.2) is 26.8 Å². The minimum atomic E-state index is -0.244. The van der Waals surface area contributed by atoms with Crippen molar-refractivity contribution in [1.29, 1.82) is 0 Å². The number of benzene rings is 3. The van der Waals surface area contributed by atoms with Gasteiger partial charge in [0.05, 0.1) is 5.69 Å². The minimum absolute atomic E-state index is 0.204. The fourth-order valence-corrected chi connectivity index (χ4v) is 3.24. The summed E-state index contributed by atoms with van der Waals surface area (Å²) >= 11 is 0. The normalized spacial score (nSPS) is 10.4. The molecule has 0 saturated heterocycles. The molecule has 7 heteroatoms. The molecule has 32 heavy (non-hydrogen) atoms. The van der Waals surface area contributed by atoms with Crippen molar-refractivity contribution in [1.82, 2.24) is 15.0 Å². The number of rotatable bonds is 5. The first-order valence-electron chi connectivity index (χ1n) is 10.1. The van der Waals surface area contributed by atoms with Gasteiger partial charge >= 0.3 is 0 Å². The van der Waals surface area contributed by atoms with Crippen LogP contribution in [0.1, 0.15) is 13.8 Å². The molecule has 0 saturated carbocycles. The van der Waals surface area contributed by atoms with Crippen LogP contribution in [0.4, 0.5) is 11.4 Å². The molecule has 0 aliphatic rings. The summed E-state index contributed by atoms with van der Waals surface area (Å²) in [6.45, 7) is 2.85. The van der Waals surface area contributed by atoms with Gasteiger partial charge in [0.1, 0.15) is 0 Å². The summed E-state index contributed by atoms with van der Waals surface area (Å²) in [7, 11) is 0. The lowest BCUT2D eigenvalue weighted by atomic mass is 10.1. The predicted octanol–water partition coefficient (Wildman–Crippen LogP) is 4.79. The van der Waals surface area contributed by atoms with E-state index in [-0.39, 0.29) is 11.8 Å². The Morgan fingerprint density at radius 3 is 1.62 bits per heavy atom. The lowest BCUT2D eigenvalue weighted by Gasteiger charge is -2.13. The highest BCUT2D eigenvalue weighted by molar-refractivity contribution is 5.96. The highest BCUT2D eigenvalue weighted by atomic mass is 16.2. The third-order valence-corrected chi connectivity index (χ3v) is 4.59. The van der Waals surface area contributed by atoms with Gasteiger partial charge in [0.25, 0.3) is 0 Å². The van der Waals surface area contributed by atoms with Gasteiger partial charge in [-0.1, -0.05) is 60.7 Å². The topological polar surface area (TPSA) is 96.9 Å². The van der Waals surface area contributed by atoms with E-state index in [0.29, 0.717) is 34.4 Å². The second-order valence-corrected chi connectivity index (χ2v) is 7.16. The van der Waals surface area contributed by atoms with Crippen LogP contribution >= 0.6 is 0 Å². The Balaban J connectivity index is 1.90. The maximum absolute atomic E-state index is 11.9. The molecule has 7 nitrogen and oxygen atoms in total. The molecule has 3 aromatic carbocycles. The van der Waals surface area contributed by atoms with Crippen molar-refractivity contribution in [3.63, 3.8) is 0 Å². The number of carbonyl (C=O) groups excluding carboxylic acids is 2. The molecular weight excluding hydrogens is 402 g/mol.